The minimum atomic E-state index is -0.342. The summed E-state index contributed by atoms with van der Waals surface area (Å²) >= 11 is 0. The largest absolute Gasteiger partial charge is 0.342 e. The third kappa shape index (κ3) is 3.19. The maximum Gasteiger partial charge on any atom is 0.321 e. The van der Waals surface area contributed by atoms with E-state index in [0.717, 1.165) is 43.6 Å². The van der Waals surface area contributed by atoms with Crippen LogP contribution in [0.1, 0.15) is 44.1 Å². The molecule has 1 atom stereocenters. The Labute approximate surface area is 155 Å². The highest BCUT2D eigenvalue weighted by atomic mass is 16.2. The lowest BCUT2D eigenvalue weighted by atomic mass is 9.77. The highest BCUT2D eigenvalue weighted by Crippen LogP contribution is 2.41. The van der Waals surface area contributed by atoms with Gasteiger partial charge in [0.2, 0.25) is 5.91 Å². The summed E-state index contributed by atoms with van der Waals surface area (Å²) in [4.78, 5) is 29.8. The number of hydrogen-bond donors (Lipinski definition) is 1. The first-order valence-electron chi connectivity index (χ1n) is 9.98. The van der Waals surface area contributed by atoms with E-state index in [1.54, 1.807) is 0 Å². The van der Waals surface area contributed by atoms with Crippen molar-refractivity contribution in [3.63, 3.8) is 0 Å². The molecule has 4 rings (SSSR count). The Morgan fingerprint density at radius 1 is 1.19 bits per heavy atom. The Balaban J connectivity index is 1.40. The molecule has 5 heteroatoms. The van der Waals surface area contributed by atoms with Gasteiger partial charge in [-0.3, -0.25) is 4.79 Å². The molecule has 0 unspecified atom stereocenters. The summed E-state index contributed by atoms with van der Waals surface area (Å²) in [5.74, 6) is 0.998. The van der Waals surface area contributed by atoms with Crippen LogP contribution in [0.3, 0.4) is 0 Å². The second-order valence-electron chi connectivity index (χ2n) is 8.35. The minimum Gasteiger partial charge on any atom is -0.342 e. The van der Waals surface area contributed by atoms with Crippen LogP contribution in [0.25, 0.3) is 0 Å². The quantitative estimate of drug-likeness (QED) is 0.900. The van der Waals surface area contributed by atoms with E-state index in [9.17, 15) is 9.59 Å². The summed E-state index contributed by atoms with van der Waals surface area (Å²) in [6, 6.07) is 7.72. The fourth-order valence-electron chi connectivity index (χ4n) is 4.65. The first-order valence-corrected chi connectivity index (χ1v) is 9.98. The number of hydrogen-bond acceptors (Lipinski definition) is 2. The fraction of sp³-hybridized carbons (Fsp3) is 0.619. The molecule has 3 aliphatic rings. The molecule has 1 saturated carbocycles. The predicted molar refractivity (Wildman–Crippen MR) is 102 cm³/mol. The van der Waals surface area contributed by atoms with Gasteiger partial charge in [-0.2, -0.15) is 0 Å². The molecule has 1 spiro atoms. The van der Waals surface area contributed by atoms with Crippen LogP contribution in [0.15, 0.2) is 24.3 Å². The van der Waals surface area contributed by atoms with E-state index in [2.05, 4.69) is 10.2 Å². The topological polar surface area (TPSA) is 52.7 Å². The Morgan fingerprint density at radius 3 is 2.73 bits per heavy atom. The SMILES string of the molecule is Cc1ccccc1NC(=O)N1CC[C@]2(CCCN(CC3CCC3)C2=O)C1. The van der Waals surface area contributed by atoms with Crippen molar-refractivity contribution >= 4 is 17.6 Å². The molecule has 0 aromatic heterocycles. The predicted octanol–water partition coefficient (Wildman–Crippen LogP) is 3.64. The van der Waals surface area contributed by atoms with Gasteiger partial charge in [-0.1, -0.05) is 24.6 Å². The zero-order valence-electron chi connectivity index (χ0n) is 15.7. The van der Waals surface area contributed by atoms with Crippen molar-refractivity contribution in [3.8, 4) is 0 Å². The summed E-state index contributed by atoms with van der Waals surface area (Å²) in [5.41, 5.74) is 1.56. The van der Waals surface area contributed by atoms with Gasteiger partial charge < -0.3 is 15.1 Å². The first kappa shape index (κ1) is 17.4. The molecule has 26 heavy (non-hydrogen) atoms. The number of para-hydroxylation sites is 1. The molecule has 0 radical (unpaired) electrons. The third-order valence-corrected chi connectivity index (χ3v) is 6.56. The number of amides is 3. The molecule has 1 aromatic carbocycles. The van der Waals surface area contributed by atoms with Crippen molar-refractivity contribution in [2.75, 3.05) is 31.5 Å². The van der Waals surface area contributed by atoms with Gasteiger partial charge in [0.15, 0.2) is 0 Å². The number of nitrogens with zero attached hydrogens (tertiary/aromatic N) is 2. The van der Waals surface area contributed by atoms with Crippen LogP contribution in [-0.4, -0.2) is 47.9 Å². The van der Waals surface area contributed by atoms with Gasteiger partial charge in [-0.25, -0.2) is 4.79 Å². The van der Waals surface area contributed by atoms with E-state index in [1.807, 2.05) is 36.1 Å². The van der Waals surface area contributed by atoms with Crippen LogP contribution in [0.4, 0.5) is 10.5 Å². The number of aryl methyl sites for hydroxylation is 1. The van der Waals surface area contributed by atoms with Crippen LogP contribution in [0.5, 0.6) is 0 Å². The number of carbonyl (C=O) groups excluding carboxylic acids is 2. The number of carbonyl (C=O) groups is 2. The summed E-state index contributed by atoms with van der Waals surface area (Å²) in [6.45, 7) is 5.04. The minimum absolute atomic E-state index is 0.0832. The Hall–Kier alpha value is -2.04. The van der Waals surface area contributed by atoms with Crippen molar-refractivity contribution in [2.24, 2.45) is 11.3 Å². The van der Waals surface area contributed by atoms with Gasteiger partial charge in [0.05, 0.1) is 5.41 Å². The molecule has 5 nitrogen and oxygen atoms in total. The fourth-order valence-corrected chi connectivity index (χ4v) is 4.65. The smallest absolute Gasteiger partial charge is 0.321 e. The van der Waals surface area contributed by atoms with E-state index < -0.39 is 0 Å². The van der Waals surface area contributed by atoms with Crippen LogP contribution >= 0.6 is 0 Å². The van der Waals surface area contributed by atoms with E-state index in [-0.39, 0.29) is 11.4 Å². The maximum atomic E-state index is 13.2. The molecule has 2 heterocycles. The molecule has 3 amide bonds. The molecule has 140 valence electrons. The van der Waals surface area contributed by atoms with Gasteiger partial charge in [0.1, 0.15) is 0 Å². The van der Waals surface area contributed by atoms with Crippen LogP contribution in [0, 0.1) is 18.3 Å². The summed E-state index contributed by atoms with van der Waals surface area (Å²) in [5, 5.41) is 3.01. The average molecular weight is 355 g/mol. The van der Waals surface area contributed by atoms with Crippen molar-refractivity contribution in [2.45, 2.75) is 45.4 Å². The lowest BCUT2D eigenvalue weighted by molar-refractivity contribution is -0.146. The molecule has 1 aromatic rings. The molecule has 2 aliphatic heterocycles. The van der Waals surface area contributed by atoms with Crippen molar-refractivity contribution in [3.05, 3.63) is 29.8 Å². The summed E-state index contributed by atoms with van der Waals surface area (Å²) < 4.78 is 0. The number of anilines is 1. The zero-order valence-corrected chi connectivity index (χ0v) is 15.7. The molecule has 2 saturated heterocycles. The average Bonchev–Trinajstić information content (AvgIpc) is 3.02. The third-order valence-electron chi connectivity index (χ3n) is 6.56. The zero-order chi connectivity index (χ0) is 18.1. The standard InChI is InChI=1S/C21H29N3O2/c1-16-6-2-3-9-18(16)22-20(26)24-13-11-21(15-24)10-5-12-23(19(21)25)14-17-7-4-8-17/h2-3,6,9,17H,4-5,7-8,10-15H2,1H3,(H,22,26)/t21-/m1/s1. The molecular formula is C21H29N3O2. The van der Waals surface area contributed by atoms with Gasteiger partial charge in [-0.15, -0.1) is 0 Å². The number of nitrogens with one attached hydrogen (secondary N) is 1. The van der Waals surface area contributed by atoms with E-state index in [1.165, 1.54) is 19.3 Å². The van der Waals surface area contributed by atoms with Gasteiger partial charge in [-0.05, 0) is 56.6 Å². The normalized spacial score (nSPS) is 26.3. The van der Waals surface area contributed by atoms with Crippen molar-refractivity contribution in [1.82, 2.24) is 9.80 Å². The molecule has 3 fully saturated rings. The molecule has 0 bridgehead atoms. The number of benzene rings is 1. The number of rotatable bonds is 3. The highest BCUT2D eigenvalue weighted by molar-refractivity contribution is 5.92. The number of likely N-dealkylation sites (tertiary alicyclic amines) is 2. The number of piperidine rings is 1. The second kappa shape index (κ2) is 6.93. The lowest BCUT2D eigenvalue weighted by Crippen LogP contribution is -2.52. The van der Waals surface area contributed by atoms with Crippen LogP contribution < -0.4 is 5.32 Å². The monoisotopic (exact) mass is 355 g/mol. The second-order valence-corrected chi connectivity index (χ2v) is 8.35. The molecule has 1 N–H and O–H groups in total. The molecular weight excluding hydrogens is 326 g/mol. The van der Waals surface area contributed by atoms with Crippen LogP contribution in [-0.2, 0) is 4.79 Å². The summed E-state index contributed by atoms with van der Waals surface area (Å²) in [6.07, 6.45) is 6.62. The summed E-state index contributed by atoms with van der Waals surface area (Å²) in [7, 11) is 0. The number of urea groups is 1. The van der Waals surface area contributed by atoms with Crippen molar-refractivity contribution in [1.29, 1.82) is 0 Å². The van der Waals surface area contributed by atoms with Crippen LogP contribution in [0.2, 0.25) is 0 Å². The van der Waals surface area contributed by atoms with E-state index in [4.69, 9.17) is 0 Å². The Morgan fingerprint density at radius 2 is 2.00 bits per heavy atom. The maximum absolute atomic E-state index is 13.2. The Kier molecular flexibility index (Phi) is 4.63. The highest BCUT2D eigenvalue weighted by Gasteiger charge is 2.49. The Bertz CT molecular complexity index is 700. The van der Waals surface area contributed by atoms with Gasteiger partial charge in [0.25, 0.3) is 0 Å². The molecule has 1 aliphatic carbocycles. The van der Waals surface area contributed by atoms with E-state index in [0.29, 0.717) is 24.9 Å². The van der Waals surface area contributed by atoms with Crippen molar-refractivity contribution < 1.29 is 9.59 Å². The van der Waals surface area contributed by atoms with E-state index >= 15 is 0 Å². The van der Waals surface area contributed by atoms with Gasteiger partial charge in [0, 0.05) is 31.9 Å². The lowest BCUT2D eigenvalue weighted by Gasteiger charge is -2.42. The van der Waals surface area contributed by atoms with Gasteiger partial charge >= 0.3 is 6.03 Å². The first-order chi connectivity index (χ1) is 12.6.